The number of nitrogens with zero attached hydrogens (tertiary/aromatic N) is 1. The molecule has 3 nitrogen and oxygen atoms in total. The molecule has 1 fully saturated rings. The second-order valence-electron chi connectivity index (χ2n) is 5.14. The van der Waals surface area contributed by atoms with Gasteiger partial charge in [-0.15, -0.1) is 0 Å². The average Bonchev–Trinajstić information content (AvgIpc) is 2.51. The van der Waals surface area contributed by atoms with Gasteiger partial charge in [-0.3, -0.25) is 4.90 Å². The molecule has 1 unspecified atom stereocenters. The first-order chi connectivity index (χ1) is 6.40. The summed E-state index contributed by atoms with van der Waals surface area (Å²) < 4.78 is 5.91. The molecule has 1 N–H and O–H groups in total. The highest BCUT2D eigenvalue weighted by atomic mass is 16.5. The van der Waals surface area contributed by atoms with Crippen molar-refractivity contribution in [3.05, 3.63) is 0 Å². The first kappa shape index (κ1) is 12.0. The molecule has 0 aromatic rings. The zero-order chi connectivity index (χ0) is 10.8. The van der Waals surface area contributed by atoms with Gasteiger partial charge in [0, 0.05) is 12.6 Å². The van der Waals surface area contributed by atoms with Crippen molar-refractivity contribution in [2.24, 2.45) is 0 Å². The van der Waals surface area contributed by atoms with Gasteiger partial charge in [-0.25, -0.2) is 0 Å². The third-order valence-electron chi connectivity index (χ3n) is 2.71. The maximum atomic E-state index is 5.91. The quantitative estimate of drug-likeness (QED) is 0.698. The normalized spacial score (nSPS) is 25.7. The molecule has 0 aromatic carbocycles. The molecule has 0 amide bonds. The van der Waals surface area contributed by atoms with E-state index in [4.69, 9.17) is 4.74 Å². The van der Waals surface area contributed by atoms with Crippen LogP contribution in [0.25, 0.3) is 0 Å². The van der Waals surface area contributed by atoms with Gasteiger partial charge < -0.3 is 10.1 Å². The highest BCUT2D eigenvalue weighted by molar-refractivity contribution is 4.80. The predicted octanol–water partition coefficient (Wildman–Crippen LogP) is 1.44. The van der Waals surface area contributed by atoms with Crippen LogP contribution in [0.5, 0.6) is 0 Å². The van der Waals surface area contributed by atoms with Crippen LogP contribution in [0, 0.1) is 0 Å². The van der Waals surface area contributed by atoms with E-state index < -0.39 is 0 Å². The molecule has 84 valence electrons. The molecule has 0 radical (unpaired) electrons. The summed E-state index contributed by atoms with van der Waals surface area (Å²) in [6.07, 6.45) is 1.42. The van der Waals surface area contributed by atoms with Gasteiger partial charge >= 0.3 is 0 Å². The van der Waals surface area contributed by atoms with Crippen LogP contribution in [0.1, 0.15) is 34.1 Å². The van der Waals surface area contributed by atoms with Crippen LogP contribution < -0.4 is 5.32 Å². The fourth-order valence-corrected chi connectivity index (χ4v) is 1.88. The van der Waals surface area contributed by atoms with E-state index in [1.54, 1.807) is 0 Å². The lowest BCUT2D eigenvalue weighted by Gasteiger charge is -2.34. The van der Waals surface area contributed by atoms with Crippen LogP contribution in [0.4, 0.5) is 0 Å². The van der Waals surface area contributed by atoms with Gasteiger partial charge in [0.1, 0.15) is 6.23 Å². The highest BCUT2D eigenvalue weighted by Crippen LogP contribution is 2.16. The third-order valence-corrected chi connectivity index (χ3v) is 2.71. The molecular formula is C11H24N2O. The molecule has 1 rings (SSSR count). The van der Waals surface area contributed by atoms with Gasteiger partial charge in [0.05, 0.1) is 5.60 Å². The third kappa shape index (κ3) is 3.56. The van der Waals surface area contributed by atoms with Crippen LogP contribution in [-0.4, -0.2) is 42.9 Å². The summed E-state index contributed by atoms with van der Waals surface area (Å²) in [5.41, 5.74) is -0.0558. The smallest absolute Gasteiger partial charge is 0.108 e. The minimum atomic E-state index is -0.0558. The number of hydrogen-bond donors (Lipinski definition) is 1. The summed E-state index contributed by atoms with van der Waals surface area (Å²) >= 11 is 0. The molecule has 1 saturated heterocycles. The minimum absolute atomic E-state index is 0.0558. The number of ether oxygens (including phenoxy) is 1. The second-order valence-corrected chi connectivity index (χ2v) is 5.14. The highest BCUT2D eigenvalue weighted by Gasteiger charge is 2.25. The summed E-state index contributed by atoms with van der Waals surface area (Å²) in [6.45, 7) is 10.7. The van der Waals surface area contributed by atoms with Gasteiger partial charge in [0.25, 0.3) is 0 Å². The van der Waals surface area contributed by atoms with Crippen molar-refractivity contribution in [2.75, 3.05) is 20.1 Å². The predicted molar refractivity (Wildman–Crippen MR) is 59.3 cm³/mol. The van der Waals surface area contributed by atoms with E-state index in [0.29, 0.717) is 6.04 Å². The summed E-state index contributed by atoms with van der Waals surface area (Å²) in [5, 5.41) is 3.37. The van der Waals surface area contributed by atoms with Crippen molar-refractivity contribution in [3.63, 3.8) is 0 Å². The number of nitrogens with one attached hydrogen (secondary N) is 1. The number of likely N-dealkylation sites (N-methyl/N-ethyl adjacent to an activating group) is 1. The molecule has 14 heavy (non-hydrogen) atoms. The fourth-order valence-electron chi connectivity index (χ4n) is 1.88. The Hall–Kier alpha value is -0.120. The average molecular weight is 200 g/mol. The Morgan fingerprint density at radius 2 is 2.07 bits per heavy atom. The van der Waals surface area contributed by atoms with Gasteiger partial charge in [-0.05, 0) is 47.7 Å². The fraction of sp³-hybridized carbons (Fsp3) is 1.00. The standard InChI is InChI=1S/C11H24N2O/c1-9(14-11(2,3)4)13(5)10-6-7-12-8-10/h9-10,12H,6-8H2,1-5H3/t9?,10-/m0/s1. The van der Waals surface area contributed by atoms with Crippen LogP contribution >= 0.6 is 0 Å². The van der Waals surface area contributed by atoms with E-state index in [9.17, 15) is 0 Å². The van der Waals surface area contributed by atoms with Gasteiger partial charge in [0.15, 0.2) is 0 Å². The summed E-state index contributed by atoms with van der Waals surface area (Å²) in [7, 11) is 2.15. The van der Waals surface area contributed by atoms with E-state index in [0.717, 1.165) is 13.1 Å². The maximum Gasteiger partial charge on any atom is 0.108 e. The molecule has 1 heterocycles. The zero-order valence-electron chi connectivity index (χ0n) is 10.1. The summed E-state index contributed by atoms with van der Waals surface area (Å²) in [5.74, 6) is 0. The Balaban J connectivity index is 2.39. The molecule has 1 aliphatic heterocycles. The molecule has 0 aliphatic carbocycles. The second kappa shape index (κ2) is 4.60. The number of hydrogen-bond acceptors (Lipinski definition) is 3. The Bertz CT molecular complexity index is 171. The SMILES string of the molecule is CC(OC(C)(C)C)N(C)[C@H]1CCNC1. The number of rotatable bonds is 3. The van der Waals surface area contributed by atoms with E-state index in [2.05, 4.69) is 45.0 Å². The maximum absolute atomic E-state index is 5.91. The molecule has 0 spiro atoms. The van der Waals surface area contributed by atoms with Crippen LogP contribution in [0.2, 0.25) is 0 Å². The largest absolute Gasteiger partial charge is 0.358 e. The lowest BCUT2D eigenvalue weighted by Crippen LogP contribution is -2.44. The zero-order valence-corrected chi connectivity index (χ0v) is 10.1. The summed E-state index contributed by atoms with van der Waals surface area (Å²) in [4.78, 5) is 2.32. The van der Waals surface area contributed by atoms with Gasteiger partial charge in [-0.1, -0.05) is 0 Å². The Morgan fingerprint density at radius 3 is 2.50 bits per heavy atom. The molecule has 0 aromatic heterocycles. The lowest BCUT2D eigenvalue weighted by molar-refractivity contribution is -0.125. The molecular weight excluding hydrogens is 176 g/mol. The first-order valence-electron chi connectivity index (χ1n) is 5.50. The van der Waals surface area contributed by atoms with Gasteiger partial charge in [0.2, 0.25) is 0 Å². The van der Waals surface area contributed by atoms with Gasteiger partial charge in [-0.2, -0.15) is 0 Å². The van der Waals surface area contributed by atoms with Crippen LogP contribution in [0.15, 0.2) is 0 Å². The molecule has 0 saturated carbocycles. The Morgan fingerprint density at radius 1 is 1.43 bits per heavy atom. The van der Waals surface area contributed by atoms with E-state index in [1.165, 1.54) is 6.42 Å². The minimum Gasteiger partial charge on any atom is -0.358 e. The topological polar surface area (TPSA) is 24.5 Å². The summed E-state index contributed by atoms with van der Waals surface area (Å²) in [6, 6.07) is 0.632. The van der Waals surface area contributed by atoms with Crippen LogP contribution in [0.3, 0.4) is 0 Å². The van der Waals surface area contributed by atoms with E-state index in [-0.39, 0.29) is 11.8 Å². The Kier molecular flexibility index (Phi) is 3.93. The molecule has 1 aliphatic rings. The van der Waals surface area contributed by atoms with Crippen LogP contribution in [-0.2, 0) is 4.74 Å². The molecule has 0 bridgehead atoms. The molecule has 2 atom stereocenters. The monoisotopic (exact) mass is 200 g/mol. The van der Waals surface area contributed by atoms with Crippen molar-refractivity contribution in [1.29, 1.82) is 0 Å². The van der Waals surface area contributed by atoms with E-state index in [1.807, 2.05) is 0 Å². The van der Waals surface area contributed by atoms with Crippen molar-refractivity contribution < 1.29 is 4.74 Å². The van der Waals surface area contributed by atoms with Crippen molar-refractivity contribution in [2.45, 2.75) is 52.0 Å². The lowest BCUT2D eigenvalue weighted by atomic mass is 10.2. The van der Waals surface area contributed by atoms with E-state index >= 15 is 0 Å². The van der Waals surface area contributed by atoms with Crippen molar-refractivity contribution in [1.82, 2.24) is 10.2 Å². The first-order valence-corrected chi connectivity index (χ1v) is 5.50. The Labute approximate surface area is 87.8 Å². The van der Waals surface area contributed by atoms with Crippen molar-refractivity contribution in [3.8, 4) is 0 Å². The van der Waals surface area contributed by atoms with Crippen molar-refractivity contribution >= 4 is 0 Å². The molecule has 3 heteroatoms.